The van der Waals surface area contributed by atoms with E-state index in [9.17, 15) is 14.7 Å². The largest absolute Gasteiger partial charge is 0.465 e. The SMILES string of the molecule is CCN(C)C(=O)C1[C@H]2CN(C3C[C@@H]4CC[C@H]3CN4C(=O)O)C[C@@H]12. The van der Waals surface area contributed by atoms with E-state index in [0.717, 1.165) is 38.9 Å². The molecular formula is C17H27N3O3. The molecule has 0 radical (unpaired) electrons. The first-order chi connectivity index (χ1) is 11.0. The molecule has 128 valence electrons. The summed E-state index contributed by atoms with van der Waals surface area (Å²) in [5, 5.41) is 9.30. The van der Waals surface area contributed by atoms with Crippen LogP contribution in [0.2, 0.25) is 0 Å². The maximum atomic E-state index is 12.3. The van der Waals surface area contributed by atoms with Gasteiger partial charge in [-0.2, -0.15) is 0 Å². The first-order valence-corrected chi connectivity index (χ1v) is 8.99. The lowest BCUT2D eigenvalue weighted by Crippen LogP contribution is -2.60. The first kappa shape index (κ1) is 15.2. The monoisotopic (exact) mass is 321 g/mol. The van der Waals surface area contributed by atoms with E-state index in [2.05, 4.69) is 4.90 Å². The predicted molar refractivity (Wildman–Crippen MR) is 85.0 cm³/mol. The minimum absolute atomic E-state index is 0.211. The van der Waals surface area contributed by atoms with Crippen LogP contribution in [0.4, 0.5) is 4.79 Å². The quantitative estimate of drug-likeness (QED) is 0.848. The number of amides is 2. The van der Waals surface area contributed by atoms with Crippen LogP contribution < -0.4 is 0 Å². The third-order valence-corrected chi connectivity index (χ3v) is 6.87. The lowest BCUT2D eigenvalue weighted by atomic mass is 9.75. The van der Waals surface area contributed by atoms with Crippen LogP contribution in [0.1, 0.15) is 26.2 Å². The van der Waals surface area contributed by atoms with Gasteiger partial charge in [0.1, 0.15) is 0 Å². The summed E-state index contributed by atoms with van der Waals surface area (Å²) in [4.78, 5) is 29.7. The van der Waals surface area contributed by atoms with E-state index in [1.807, 2.05) is 18.9 Å². The van der Waals surface area contributed by atoms with Crippen LogP contribution in [-0.2, 0) is 4.79 Å². The summed E-state index contributed by atoms with van der Waals surface area (Å²) in [5.41, 5.74) is 0. The fourth-order valence-corrected chi connectivity index (χ4v) is 5.37. The molecule has 6 heteroatoms. The van der Waals surface area contributed by atoms with Crippen molar-refractivity contribution in [3.8, 4) is 0 Å². The number of carboxylic acid groups (broad SMARTS) is 1. The lowest BCUT2D eigenvalue weighted by Gasteiger charge is -2.51. The number of carbonyl (C=O) groups excluding carboxylic acids is 1. The van der Waals surface area contributed by atoms with Crippen LogP contribution in [0.25, 0.3) is 0 Å². The maximum absolute atomic E-state index is 12.3. The van der Waals surface area contributed by atoms with E-state index < -0.39 is 6.09 Å². The van der Waals surface area contributed by atoms with Crippen molar-refractivity contribution in [1.29, 1.82) is 0 Å². The fraction of sp³-hybridized carbons (Fsp3) is 0.882. The van der Waals surface area contributed by atoms with Crippen molar-refractivity contribution in [2.24, 2.45) is 23.7 Å². The number of hydrogen-bond donors (Lipinski definition) is 1. The smallest absolute Gasteiger partial charge is 0.407 e. The predicted octanol–water partition coefficient (Wildman–Crippen LogP) is 1.17. The van der Waals surface area contributed by atoms with Gasteiger partial charge in [-0.15, -0.1) is 0 Å². The Balaban J connectivity index is 1.35. The highest BCUT2D eigenvalue weighted by molar-refractivity contribution is 5.82. The zero-order chi connectivity index (χ0) is 16.3. The van der Waals surface area contributed by atoms with Crippen molar-refractivity contribution in [3.05, 3.63) is 0 Å². The Morgan fingerprint density at radius 3 is 2.39 bits per heavy atom. The molecule has 5 fully saturated rings. The summed E-state index contributed by atoms with van der Waals surface area (Å²) >= 11 is 0. The average Bonchev–Trinajstić information content (AvgIpc) is 3.06. The Morgan fingerprint density at radius 1 is 1.17 bits per heavy atom. The second-order valence-electron chi connectivity index (χ2n) is 7.89. The topological polar surface area (TPSA) is 64.1 Å². The maximum Gasteiger partial charge on any atom is 0.407 e. The van der Waals surface area contributed by atoms with Crippen molar-refractivity contribution in [2.75, 3.05) is 33.2 Å². The van der Waals surface area contributed by atoms with E-state index in [0.29, 0.717) is 36.2 Å². The Morgan fingerprint density at radius 2 is 1.87 bits per heavy atom. The third-order valence-electron chi connectivity index (χ3n) is 6.87. The molecule has 2 bridgehead atoms. The van der Waals surface area contributed by atoms with Gasteiger partial charge in [0.2, 0.25) is 5.91 Å². The zero-order valence-electron chi connectivity index (χ0n) is 14.0. The van der Waals surface area contributed by atoms with Crippen LogP contribution >= 0.6 is 0 Å². The van der Waals surface area contributed by atoms with E-state index in [1.165, 1.54) is 0 Å². The molecular weight excluding hydrogens is 294 g/mol. The summed E-state index contributed by atoms with van der Waals surface area (Å²) in [6, 6.07) is 0.750. The van der Waals surface area contributed by atoms with Crippen LogP contribution in [0, 0.1) is 23.7 Å². The highest BCUT2D eigenvalue weighted by atomic mass is 16.4. The number of likely N-dealkylation sites (tertiary alicyclic amines) is 1. The van der Waals surface area contributed by atoms with Gasteiger partial charge < -0.3 is 14.9 Å². The lowest BCUT2D eigenvalue weighted by molar-refractivity contribution is -0.132. The summed E-state index contributed by atoms with van der Waals surface area (Å²) in [6.45, 7) is 5.60. The Labute approximate surface area is 137 Å². The minimum Gasteiger partial charge on any atom is -0.465 e. The molecule has 0 aromatic carbocycles. The summed E-state index contributed by atoms with van der Waals surface area (Å²) in [6.07, 6.45) is 2.42. The van der Waals surface area contributed by atoms with Crippen LogP contribution in [0.5, 0.6) is 0 Å². The summed E-state index contributed by atoms with van der Waals surface area (Å²) in [7, 11) is 1.90. The molecule has 5 aliphatic rings. The van der Waals surface area contributed by atoms with Crippen molar-refractivity contribution < 1.29 is 14.7 Å². The van der Waals surface area contributed by atoms with E-state index in [1.54, 1.807) is 4.90 Å². The first-order valence-electron chi connectivity index (χ1n) is 8.99. The number of piperidine rings is 3. The van der Waals surface area contributed by atoms with Gasteiger partial charge in [-0.3, -0.25) is 9.69 Å². The Hall–Kier alpha value is -1.30. The van der Waals surface area contributed by atoms with Crippen molar-refractivity contribution in [3.63, 3.8) is 0 Å². The van der Waals surface area contributed by atoms with Crippen molar-refractivity contribution in [2.45, 2.75) is 38.3 Å². The standard InChI is InChI=1S/C17H27N3O3/c1-3-18(2)16(21)15-12-8-19(9-13(12)15)14-6-11-5-4-10(14)7-20(11)17(22)23/h10-15H,3-9H2,1-2H3,(H,22,23)/t10-,11-,12-,13+,14?,15?/m0/s1. The number of carbonyl (C=O) groups is 2. The van der Waals surface area contributed by atoms with E-state index >= 15 is 0 Å². The normalized spacial score (nSPS) is 41.7. The second-order valence-corrected chi connectivity index (χ2v) is 7.89. The van der Waals surface area contributed by atoms with Crippen molar-refractivity contribution >= 4 is 12.0 Å². The van der Waals surface area contributed by atoms with Gasteiger partial charge in [0.25, 0.3) is 0 Å². The molecule has 2 amide bonds. The molecule has 5 rings (SSSR count). The van der Waals surface area contributed by atoms with Crippen LogP contribution in [0.3, 0.4) is 0 Å². The highest BCUT2D eigenvalue weighted by Gasteiger charge is 2.61. The molecule has 3 aliphatic heterocycles. The number of hydrogen-bond acceptors (Lipinski definition) is 3. The number of nitrogens with zero attached hydrogens (tertiary/aromatic N) is 3. The summed E-state index contributed by atoms with van der Waals surface area (Å²) in [5.74, 6) is 2.16. The van der Waals surface area contributed by atoms with Gasteiger partial charge in [0.05, 0.1) is 0 Å². The van der Waals surface area contributed by atoms with Crippen LogP contribution in [-0.4, -0.2) is 77.1 Å². The zero-order valence-corrected chi connectivity index (χ0v) is 14.0. The molecule has 0 aromatic heterocycles. The molecule has 2 saturated carbocycles. The molecule has 6 nitrogen and oxygen atoms in total. The van der Waals surface area contributed by atoms with Gasteiger partial charge >= 0.3 is 6.09 Å². The fourth-order valence-electron chi connectivity index (χ4n) is 5.37. The van der Waals surface area contributed by atoms with E-state index in [4.69, 9.17) is 0 Å². The van der Waals surface area contributed by atoms with Crippen LogP contribution in [0.15, 0.2) is 0 Å². The van der Waals surface area contributed by atoms with Gasteiger partial charge in [-0.1, -0.05) is 0 Å². The van der Waals surface area contributed by atoms with Gasteiger partial charge in [-0.25, -0.2) is 4.79 Å². The summed E-state index contributed by atoms with van der Waals surface area (Å²) < 4.78 is 0. The molecule has 3 heterocycles. The molecule has 2 unspecified atom stereocenters. The molecule has 3 saturated heterocycles. The van der Waals surface area contributed by atoms with Crippen molar-refractivity contribution in [1.82, 2.24) is 14.7 Å². The molecule has 0 spiro atoms. The Bertz CT molecular complexity index is 513. The van der Waals surface area contributed by atoms with E-state index in [-0.39, 0.29) is 12.0 Å². The van der Waals surface area contributed by atoms with Gasteiger partial charge in [0.15, 0.2) is 0 Å². The average molecular weight is 321 g/mol. The second kappa shape index (κ2) is 5.36. The third kappa shape index (κ3) is 2.33. The highest BCUT2D eigenvalue weighted by Crippen LogP contribution is 2.54. The minimum atomic E-state index is -0.754. The number of rotatable bonds is 3. The van der Waals surface area contributed by atoms with Gasteiger partial charge in [-0.05, 0) is 43.9 Å². The van der Waals surface area contributed by atoms with Gasteiger partial charge in [0, 0.05) is 51.2 Å². The molecule has 0 aromatic rings. The molecule has 1 N–H and O–H groups in total. The Kier molecular flexibility index (Phi) is 3.55. The molecule has 2 aliphatic carbocycles. The molecule has 6 atom stereocenters. The molecule has 23 heavy (non-hydrogen) atoms. The number of fused-ring (bicyclic) bond motifs is 4.